The Bertz CT molecular complexity index is 1190. The maximum Gasteiger partial charge on any atom is 0.267 e. The van der Waals surface area contributed by atoms with Crippen LogP contribution in [0.1, 0.15) is 0 Å². The highest BCUT2D eigenvalue weighted by Gasteiger charge is 2.31. The van der Waals surface area contributed by atoms with E-state index in [9.17, 15) is 13.2 Å². The third-order valence-corrected chi connectivity index (χ3v) is 6.24. The largest absolute Gasteiger partial charge is 0.340 e. The van der Waals surface area contributed by atoms with Gasteiger partial charge in [0.15, 0.2) is 0 Å². The first-order valence-electron chi connectivity index (χ1n) is 8.32. The second kappa shape index (κ2) is 6.44. The standard InChI is InChI=1S/C20H17N3O3S/c1-23-19(22-17-8-4-5-9-18(17)27(23,25)26)13-20(24)21-16-11-10-14-6-2-3-7-15(14)12-16/h2-13,22H,1H3,(H,21,24)/b19-13-. The van der Waals surface area contributed by atoms with Crippen LogP contribution < -0.4 is 10.6 Å². The average molecular weight is 379 g/mol. The van der Waals surface area contributed by atoms with Crippen molar-refractivity contribution in [2.24, 2.45) is 0 Å². The lowest BCUT2D eigenvalue weighted by atomic mass is 10.1. The predicted molar refractivity (Wildman–Crippen MR) is 106 cm³/mol. The Morgan fingerprint density at radius 3 is 2.52 bits per heavy atom. The van der Waals surface area contributed by atoms with Gasteiger partial charge in [0, 0.05) is 18.8 Å². The molecule has 1 amide bonds. The summed E-state index contributed by atoms with van der Waals surface area (Å²) < 4.78 is 26.3. The number of carbonyl (C=O) groups excluding carboxylic acids is 1. The van der Waals surface area contributed by atoms with Crippen molar-refractivity contribution in [1.29, 1.82) is 0 Å². The third kappa shape index (κ3) is 3.13. The molecule has 1 aliphatic heterocycles. The molecule has 0 saturated carbocycles. The predicted octanol–water partition coefficient (Wildman–Crippen LogP) is 3.37. The van der Waals surface area contributed by atoms with Crippen LogP contribution in [-0.4, -0.2) is 25.7 Å². The highest BCUT2D eigenvalue weighted by atomic mass is 32.2. The van der Waals surface area contributed by atoms with Crippen LogP contribution in [0.5, 0.6) is 0 Å². The van der Waals surface area contributed by atoms with Gasteiger partial charge in [-0.3, -0.25) is 9.10 Å². The van der Waals surface area contributed by atoms with Crippen molar-refractivity contribution in [3.8, 4) is 0 Å². The molecular weight excluding hydrogens is 362 g/mol. The fourth-order valence-corrected chi connectivity index (χ4v) is 4.28. The summed E-state index contributed by atoms with van der Waals surface area (Å²) in [5.41, 5.74) is 1.08. The summed E-state index contributed by atoms with van der Waals surface area (Å²) >= 11 is 0. The van der Waals surface area contributed by atoms with Crippen LogP contribution in [0.2, 0.25) is 0 Å². The summed E-state index contributed by atoms with van der Waals surface area (Å²) in [6, 6.07) is 20.0. The molecule has 0 aliphatic carbocycles. The number of rotatable bonds is 2. The minimum Gasteiger partial charge on any atom is -0.340 e. The maximum atomic E-state index is 12.6. The molecule has 4 rings (SSSR count). The number of nitrogens with one attached hydrogen (secondary N) is 2. The number of hydrogen-bond acceptors (Lipinski definition) is 4. The first-order chi connectivity index (χ1) is 12.9. The van der Waals surface area contributed by atoms with E-state index < -0.39 is 15.9 Å². The molecule has 27 heavy (non-hydrogen) atoms. The summed E-state index contributed by atoms with van der Waals surface area (Å²) in [4.78, 5) is 12.6. The zero-order valence-corrected chi connectivity index (χ0v) is 15.3. The molecule has 1 heterocycles. The van der Waals surface area contributed by atoms with Gasteiger partial charge < -0.3 is 10.6 Å². The van der Waals surface area contributed by atoms with Crippen molar-refractivity contribution in [1.82, 2.24) is 4.31 Å². The monoisotopic (exact) mass is 379 g/mol. The Morgan fingerprint density at radius 1 is 1.00 bits per heavy atom. The number of sulfonamides is 1. The number of hydrogen-bond donors (Lipinski definition) is 2. The molecule has 3 aromatic rings. The second-order valence-electron chi connectivity index (χ2n) is 6.17. The van der Waals surface area contributed by atoms with Crippen molar-refractivity contribution in [2.75, 3.05) is 17.7 Å². The lowest BCUT2D eigenvalue weighted by Crippen LogP contribution is -2.35. The van der Waals surface area contributed by atoms with Crippen molar-refractivity contribution < 1.29 is 13.2 Å². The normalized spacial score (nSPS) is 16.6. The summed E-state index contributed by atoms with van der Waals surface area (Å²) in [5, 5.41) is 7.85. The smallest absolute Gasteiger partial charge is 0.267 e. The van der Waals surface area contributed by atoms with Gasteiger partial charge in [-0.1, -0.05) is 42.5 Å². The Labute approximate surface area is 157 Å². The van der Waals surface area contributed by atoms with Gasteiger partial charge in [0.2, 0.25) is 0 Å². The molecule has 0 atom stereocenters. The third-order valence-electron chi connectivity index (χ3n) is 4.41. The first kappa shape index (κ1) is 17.1. The molecule has 0 bridgehead atoms. The van der Waals surface area contributed by atoms with Crippen LogP contribution in [0.3, 0.4) is 0 Å². The van der Waals surface area contributed by atoms with E-state index in [-0.39, 0.29) is 10.7 Å². The van der Waals surface area contributed by atoms with E-state index in [2.05, 4.69) is 10.6 Å². The molecule has 0 fully saturated rings. The zero-order valence-electron chi connectivity index (χ0n) is 14.5. The van der Waals surface area contributed by atoms with E-state index in [0.717, 1.165) is 15.1 Å². The number of carbonyl (C=O) groups is 1. The zero-order chi connectivity index (χ0) is 19.0. The van der Waals surface area contributed by atoms with Gasteiger partial charge in [0.05, 0.1) is 5.69 Å². The molecule has 0 radical (unpaired) electrons. The van der Waals surface area contributed by atoms with E-state index in [1.807, 2.05) is 42.5 Å². The molecule has 136 valence electrons. The molecule has 2 N–H and O–H groups in total. The fraction of sp³-hybridized carbons (Fsp3) is 0.0500. The van der Waals surface area contributed by atoms with Gasteiger partial charge >= 0.3 is 0 Å². The topological polar surface area (TPSA) is 78.5 Å². The van der Waals surface area contributed by atoms with Gasteiger partial charge in [0.25, 0.3) is 15.9 Å². The number of anilines is 2. The van der Waals surface area contributed by atoms with E-state index in [4.69, 9.17) is 0 Å². The Kier molecular flexibility index (Phi) is 4.08. The summed E-state index contributed by atoms with van der Waals surface area (Å²) in [7, 11) is -2.28. The molecule has 0 unspecified atom stereocenters. The molecule has 0 aromatic heterocycles. The van der Waals surface area contributed by atoms with Crippen LogP contribution in [0.15, 0.2) is 83.5 Å². The summed E-state index contributed by atoms with van der Waals surface area (Å²) in [6.07, 6.45) is 1.24. The molecule has 6 nitrogen and oxygen atoms in total. The Hall–Kier alpha value is -3.32. The summed E-state index contributed by atoms with van der Waals surface area (Å²) in [6.45, 7) is 0. The maximum absolute atomic E-state index is 12.6. The van der Waals surface area contributed by atoms with E-state index in [1.165, 1.54) is 19.2 Å². The van der Waals surface area contributed by atoms with E-state index in [0.29, 0.717) is 11.4 Å². The number of benzene rings is 3. The van der Waals surface area contributed by atoms with Gasteiger partial charge in [-0.2, -0.15) is 0 Å². The molecule has 3 aromatic carbocycles. The number of fused-ring (bicyclic) bond motifs is 2. The van der Waals surface area contributed by atoms with Crippen LogP contribution >= 0.6 is 0 Å². The molecule has 0 saturated heterocycles. The van der Waals surface area contributed by atoms with Crippen LogP contribution in [-0.2, 0) is 14.8 Å². The van der Waals surface area contributed by atoms with Crippen LogP contribution in [0, 0.1) is 0 Å². The minimum atomic E-state index is -3.69. The van der Waals surface area contributed by atoms with Crippen LogP contribution in [0.25, 0.3) is 10.8 Å². The van der Waals surface area contributed by atoms with Crippen molar-refractivity contribution in [2.45, 2.75) is 4.90 Å². The van der Waals surface area contributed by atoms with E-state index >= 15 is 0 Å². The van der Waals surface area contributed by atoms with Gasteiger partial charge in [-0.25, -0.2) is 8.42 Å². The minimum absolute atomic E-state index is 0.180. The Morgan fingerprint density at radius 2 is 1.70 bits per heavy atom. The molecule has 1 aliphatic rings. The molecule has 7 heteroatoms. The van der Waals surface area contributed by atoms with Gasteiger partial charge in [-0.15, -0.1) is 0 Å². The first-order valence-corrected chi connectivity index (χ1v) is 9.76. The molecular formula is C20H17N3O3S. The Balaban J connectivity index is 1.62. The average Bonchev–Trinajstić information content (AvgIpc) is 2.66. The highest BCUT2D eigenvalue weighted by Crippen LogP contribution is 2.32. The SMILES string of the molecule is CN1/C(=C\C(=O)Nc2ccc3ccccc3c2)Nc2ccccc2S1(=O)=O. The number of para-hydroxylation sites is 1. The second-order valence-corrected chi connectivity index (χ2v) is 8.11. The number of amides is 1. The quantitative estimate of drug-likeness (QED) is 0.669. The van der Waals surface area contributed by atoms with Gasteiger partial charge in [-0.05, 0) is 35.0 Å². The summed E-state index contributed by atoms with van der Waals surface area (Å²) in [5.74, 6) is -0.235. The van der Waals surface area contributed by atoms with Crippen molar-refractivity contribution in [3.05, 3.63) is 78.6 Å². The highest BCUT2D eigenvalue weighted by molar-refractivity contribution is 7.89. The number of nitrogens with zero attached hydrogens (tertiary/aromatic N) is 1. The van der Waals surface area contributed by atoms with Gasteiger partial charge in [0.1, 0.15) is 10.7 Å². The fourth-order valence-electron chi connectivity index (χ4n) is 2.99. The lowest BCUT2D eigenvalue weighted by Gasteiger charge is -2.29. The van der Waals surface area contributed by atoms with Crippen LogP contribution in [0.4, 0.5) is 11.4 Å². The van der Waals surface area contributed by atoms with E-state index in [1.54, 1.807) is 18.2 Å². The van der Waals surface area contributed by atoms with Crippen molar-refractivity contribution >= 4 is 38.1 Å². The molecule has 0 spiro atoms. The lowest BCUT2D eigenvalue weighted by molar-refractivity contribution is -0.112. The van der Waals surface area contributed by atoms with Crippen molar-refractivity contribution in [3.63, 3.8) is 0 Å².